The third-order valence-corrected chi connectivity index (χ3v) is 6.76. The van der Waals surface area contributed by atoms with Gasteiger partial charge in [-0.3, -0.25) is 9.20 Å². The van der Waals surface area contributed by atoms with Crippen LogP contribution in [-0.4, -0.2) is 22.4 Å². The molecule has 0 unspecified atom stereocenters. The number of ether oxygens (including phenoxy) is 1. The lowest BCUT2D eigenvalue weighted by Crippen LogP contribution is -2.12. The Balaban J connectivity index is 1.42. The Bertz CT molecular complexity index is 1340. The second-order valence-corrected chi connectivity index (χ2v) is 8.63. The number of benzene rings is 2. The maximum absolute atomic E-state index is 14.3. The van der Waals surface area contributed by atoms with Crippen LogP contribution < -0.4 is 5.32 Å². The van der Waals surface area contributed by atoms with Crippen LogP contribution in [0.15, 0.2) is 60.2 Å². The van der Waals surface area contributed by atoms with Gasteiger partial charge >= 0.3 is 0 Å². The van der Waals surface area contributed by atoms with Gasteiger partial charge in [-0.2, -0.15) is 0 Å². The van der Waals surface area contributed by atoms with Crippen LogP contribution in [0.1, 0.15) is 15.2 Å². The molecular formula is C22H16FN3O2S2. The van der Waals surface area contributed by atoms with Gasteiger partial charge in [0.2, 0.25) is 0 Å². The van der Waals surface area contributed by atoms with Crippen molar-refractivity contribution in [1.82, 2.24) is 9.38 Å². The van der Waals surface area contributed by atoms with Crippen molar-refractivity contribution in [3.63, 3.8) is 0 Å². The van der Waals surface area contributed by atoms with E-state index < -0.39 is 0 Å². The van der Waals surface area contributed by atoms with E-state index in [-0.39, 0.29) is 18.3 Å². The number of nitrogens with zero attached hydrogens (tertiary/aromatic N) is 2. The van der Waals surface area contributed by atoms with Crippen LogP contribution in [0.2, 0.25) is 0 Å². The Hall–Kier alpha value is -3.07. The molecule has 3 heterocycles. The molecule has 0 aliphatic carbocycles. The molecule has 0 bridgehead atoms. The van der Waals surface area contributed by atoms with Gasteiger partial charge in [-0.05, 0) is 24.3 Å². The highest BCUT2D eigenvalue weighted by Crippen LogP contribution is 2.34. The van der Waals surface area contributed by atoms with E-state index in [0.717, 1.165) is 20.9 Å². The predicted molar refractivity (Wildman–Crippen MR) is 119 cm³/mol. The van der Waals surface area contributed by atoms with Crippen molar-refractivity contribution in [1.29, 1.82) is 0 Å². The lowest BCUT2D eigenvalue weighted by Gasteiger charge is -2.07. The number of hydrogen-bond donors (Lipinski definition) is 1. The molecule has 0 radical (unpaired) electrons. The van der Waals surface area contributed by atoms with Crippen LogP contribution in [0.5, 0.6) is 0 Å². The Morgan fingerprint density at radius 2 is 2.07 bits per heavy atom. The fourth-order valence-corrected chi connectivity index (χ4v) is 5.23. The summed E-state index contributed by atoms with van der Waals surface area (Å²) < 4.78 is 22.3. The molecule has 0 spiro atoms. The minimum Gasteiger partial charge on any atom is -0.380 e. The topological polar surface area (TPSA) is 55.6 Å². The minimum atomic E-state index is -0.348. The Labute approximate surface area is 179 Å². The lowest BCUT2D eigenvalue weighted by atomic mass is 10.1. The highest BCUT2D eigenvalue weighted by atomic mass is 32.1. The maximum atomic E-state index is 14.3. The van der Waals surface area contributed by atoms with Crippen LogP contribution in [-0.2, 0) is 11.3 Å². The van der Waals surface area contributed by atoms with Gasteiger partial charge in [-0.25, -0.2) is 9.37 Å². The summed E-state index contributed by atoms with van der Waals surface area (Å²) in [5.74, 6) is -0.628. The number of methoxy groups -OCH3 is 1. The zero-order chi connectivity index (χ0) is 20.7. The third-order valence-electron chi connectivity index (χ3n) is 4.79. The summed E-state index contributed by atoms with van der Waals surface area (Å²) in [6, 6.07) is 12.4. The molecule has 0 saturated carbocycles. The van der Waals surface area contributed by atoms with E-state index in [1.165, 1.54) is 24.5 Å². The first-order valence-electron chi connectivity index (χ1n) is 9.17. The van der Waals surface area contributed by atoms with Crippen molar-refractivity contribution in [3.8, 4) is 11.3 Å². The van der Waals surface area contributed by atoms with Gasteiger partial charge in [0.05, 0.1) is 17.2 Å². The third kappa shape index (κ3) is 3.28. The van der Waals surface area contributed by atoms with E-state index in [4.69, 9.17) is 4.74 Å². The first-order chi connectivity index (χ1) is 14.6. The normalized spacial score (nSPS) is 11.4. The summed E-state index contributed by atoms with van der Waals surface area (Å²) in [6.45, 7) is 0.167. The molecule has 0 aliphatic heterocycles. The van der Waals surface area contributed by atoms with E-state index in [1.807, 2.05) is 52.5 Å². The Kier molecular flexibility index (Phi) is 4.82. The number of carbonyl (C=O) groups excluding carboxylic acids is 1. The van der Waals surface area contributed by atoms with Crippen LogP contribution in [0, 0.1) is 5.82 Å². The lowest BCUT2D eigenvalue weighted by molar-refractivity contribution is 0.102. The fourth-order valence-electron chi connectivity index (χ4n) is 3.41. The monoisotopic (exact) mass is 437 g/mol. The number of halogens is 1. The number of carbonyl (C=O) groups is 1. The largest absolute Gasteiger partial charge is 0.380 e. The average Bonchev–Trinajstić information content (AvgIpc) is 3.43. The van der Waals surface area contributed by atoms with Crippen molar-refractivity contribution < 1.29 is 13.9 Å². The number of anilines is 1. The summed E-state index contributed by atoms with van der Waals surface area (Å²) in [5, 5.41) is 5.34. The number of nitrogens with one attached hydrogen (secondary N) is 1. The molecule has 5 nitrogen and oxygen atoms in total. The molecule has 1 N–H and O–H groups in total. The van der Waals surface area contributed by atoms with Crippen LogP contribution in [0.3, 0.4) is 0 Å². The smallest absolute Gasteiger partial charge is 0.266 e. The van der Waals surface area contributed by atoms with Crippen LogP contribution >= 0.6 is 22.7 Å². The van der Waals surface area contributed by atoms with Gasteiger partial charge in [-0.15, -0.1) is 22.7 Å². The Morgan fingerprint density at radius 1 is 1.23 bits per heavy atom. The zero-order valence-electron chi connectivity index (χ0n) is 15.9. The average molecular weight is 438 g/mol. The van der Waals surface area contributed by atoms with E-state index in [2.05, 4.69) is 10.3 Å². The van der Waals surface area contributed by atoms with Crippen molar-refractivity contribution in [2.45, 2.75) is 6.61 Å². The quantitative estimate of drug-likeness (QED) is 0.377. The molecule has 5 aromatic rings. The van der Waals surface area contributed by atoms with E-state index in [9.17, 15) is 9.18 Å². The van der Waals surface area contributed by atoms with Crippen molar-refractivity contribution in [2.24, 2.45) is 0 Å². The molecule has 0 saturated heterocycles. The summed E-state index contributed by atoms with van der Waals surface area (Å²) in [7, 11) is 1.53. The number of hydrogen-bond acceptors (Lipinski definition) is 5. The maximum Gasteiger partial charge on any atom is 0.266 e. The predicted octanol–water partition coefficient (Wildman–Crippen LogP) is 5.82. The highest BCUT2D eigenvalue weighted by Gasteiger charge is 2.21. The molecule has 2 aromatic carbocycles. The molecular weight excluding hydrogens is 421 g/mol. The minimum absolute atomic E-state index is 0.167. The number of rotatable bonds is 5. The van der Waals surface area contributed by atoms with Gasteiger partial charge in [-0.1, -0.05) is 18.2 Å². The molecule has 0 atom stereocenters. The number of aromatic nitrogens is 2. The number of imidazole rings is 1. The van der Waals surface area contributed by atoms with Gasteiger partial charge in [0.1, 0.15) is 5.82 Å². The van der Waals surface area contributed by atoms with Gasteiger partial charge < -0.3 is 10.1 Å². The molecule has 150 valence electrons. The van der Waals surface area contributed by atoms with Gasteiger partial charge in [0.25, 0.3) is 5.91 Å². The van der Waals surface area contributed by atoms with Crippen LogP contribution in [0.4, 0.5) is 10.1 Å². The molecule has 5 rings (SSSR count). The van der Waals surface area contributed by atoms with E-state index in [0.29, 0.717) is 21.5 Å². The Morgan fingerprint density at radius 3 is 2.83 bits per heavy atom. The number of thiazole rings is 1. The summed E-state index contributed by atoms with van der Waals surface area (Å²) in [5.41, 5.74) is 3.07. The SMILES string of the molecule is COCc1c(C(=O)Nc2ccc(-c3cn4ccsc4n3)cc2)sc2cccc(F)c12. The van der Waals surface area contributed by atoms with Gasteiger partial charge in [0.15, 0.2) is 4.96 Å². The molecule has 0 aliphatic rings. The second-order valence-electron chi connectivity index (χ2n) is 6.71. The first-order valence-corrected chi connectivity index (χ1v) is 10.9. The van der Waals surface area contributed by atoms with E-state index in [1.54, 1.807) is 17.4 Å². The number of amides is 1. The number of fused-ring (bicyclic) bond motifs is 2. The standard InChI is InChI=1S/C22H16FN3O2S2/c1-28-12-15-19-16(23)3-2-4-18(19)30-20(15)21(27)24-14-7-5-13(6-8-14)17-11-26-9-10-29-22(26)25-17/h2-11H,12H2,1H3,(H,24,27). The summed E-state index contributed by atoms with van der Waals surface area (Å²) in [6.07, 6.45) is 3.94. The van der Waals surface area contributed by atoms with Gasteiger partial charge in [0, 0.05) is 51.8 Å². The zero-order valence-corrected chi connectivity index (χ0v) is 17.5. The molecule has 8 heteroatoms. The van der Waals surface area contributed by atoms with Crippen molar-refractivity contribution in [2.75, 3.05) is 12.4 Å². The molecule has 3 aromatic heterocycles. The summed E-state index contributed by atoms with van der Waals surface area (Å²) >= 11 is 2.84. The molecule has 30 heavy (non-hydrogen) atoms. The van der Waals surface area contributed by atoms with Crippen molar-refractivity contribution >= 4 is 49.3 Å². The van der Waals surface area contributed by atoms with Crippen LogP contribution in [0.25, 0.3) is 26.3 Å². The van der Waals surface area contributed by atoms with Crippen molar-refractivity contribution in [3.05, 3.63) is 76.5 Å². The highest BCUT2D eigenvalue weighted by molar-refractivity contribution is 7.21. The second kappa shape index (κ2) is 7.64. The summed E-state index contributed by atoms with van der Waals surface area (Å²) in [4.78, 5) is 18.9. The molecule has 0 fully saturated rings. The first kappa shape index (κ1) is 18.9. The van der Waals surface area contributed by atoms with E-state index >= 15 is 0 Å². The fraction of sp³-hybridized carbons (Fsp3) is 0.0909. The number of thiophene rings is 1. The molecule has 1 amide bonds.